The zero-order chi connectivity index (χ0) is 12.3. The molecule has 1 aliphatic rings. The molecule has 0 aromatic heterocycles. The van der Waals surface area contributed by atoms with Gasteiger partial charge in [0.2, 0.25) is 0 Å². The molecule has 1 aromatic rings. The molecule has 0 radical (unpaired) electrons. The van der Waals surface area contributed by atoms with E-state index in [-0.39, 0.29) is 6.10 Å². The summed E-state index contributed by atoms with van der Waals surface area (Å²) >= 11 is 0. The summed E-state index contributed by atoms with van der Waals surface area (Å²) in [6, 6.07) is 4.05. The van der Waals surface area contributed by atoms with Gasteiger partial charge in [0.05, 0.1) is 26.9 Å². The molecule has 1 saturated heterocycles. The molecule has 0 bridgehead atoms. The van der Waals surface area contributed by atoms with Crippen LogP contribution in [0.4, 0.5) is 0 Å². The van der Waals surface area contributed by atoms with Crippen LogP contribution in [0.25, 0.3) is 0 Å². The van der Waals surface area contributed by atoms with Gasteiger partial charge < -0.3 is 19.5 Å². The van der Waals surface area contributed by atoms with Crippen LogP contribution >= 0.6 is 0 Å². The highest BCUT2D eigenvalue weighted by Crippen LogP contribution is 2.33. The molecule has 0 saturated carbocycles. The van der Waals surface area contributed by atoms with E-state index in [1.807, 2.05) is 19.1 Å². The van der Waals surface area contributed by atoms with Crippen LogP contribution in [0.2, 0.25) is 0 Å². The topological polar surface area (TPSA) is 39.7 Å². The Bertz CT molecular complexity index is 361. The largest absolute Gasteiger partial charge is 0.496 e. The summed E-state index contributed by atoms with van der Waals surface area (Å²) < 4.78 is 16.5. The van der Waals surface area contributed by atoms with Crippen molar-refractivity contribution in [3.8, 4) is 11.5 Å². The fourth-order valence-corrected chi connectivity index (χ4v) is 2.07. The molecule has 1 aromatic carbocycles. The highest BCUT2D eigenvalue weighted by Gasteiger charge is 2.19. The van der Waals surface area contributed by atoms with E-state index in [4.69, 9.17) is 14.2 Å². The molecule has 1 atom stereocenters. The van der Waals surface area contributed by atoms with Crippen LogP contribution in [0.5, 0.6) is 11.5 Å². The lowest BCUT2D eigenvalue weighted by Gasteiger charge is -2.25. The Morgan fingerprint density at radius 3 is 2.35 bits per heavy atom. The fraction of sp³-hybridized carbons (Fsp3) is 0.538. The maximum atomic E-state index is 5.73. The van der Waals surface area contributed by atoms with E-state index < -0.39 is 0 Å². The van der Waals surface area contributed by atoms with Gasteiger partial charge in [-0.25, -0.2) is 0 Å². The van der Waals surface area contributed by atoms with Gasteiger partial charge in [0, 0.05) is 18.7 Å². The average molecular weight is 237 g/mol. The van der Waals surface area contributed by atoms with Crippen molar-refractivity contribution in [2.24, 2.45) is 0 Å². The molecular weight excluding hydrogens is 218 g/mol. The molecule has 1 unspecified atom stereocenters. The number of rotatable bonds is 3. The highest BCUT2D eigenvalue weighted by atomic mass is 16.5. The van der Waals surface area contributed by atoms with Crippen molar-refractivity contribution < 1.29 is 14.2 Å². The third-order valence-electron chi connectivity index (χ3n) is 3.07. The molecule has 1 fully saturated rings. The summed E-state index contributed by atoms with van der Waals surface area (Å²) in [5.74, 6) is 1.68. The van der Waals surface area contributed by atoms with Crippen LogP contribution in [-0.2, 0) is 4.74 Å². The van der Waals surface area contributed by atoms with Crippen LogP contribution in [0.15, 0.2) is 12.1 Å². The summed E-state index contributed by atoms with van der Waals surface area (Å²) in [4.78, 5) is 0. The molecule has 0 aliphatic carbocycles. The van der Waals surface area contributed by atoms with Crippen molar-refractivity contribution in [3.05, 3.63) is 23.3 Å². The Balaban J connectivity index is 2.33. The maximum absolute atomic E-state index is 5.73. The predicted octanol–water partition coefficient (Wildman–Crippen LogP) is 1.67. The first-order chi connectivity index (χ1) is 8.26. The van der Waals surface area contributed by atoms with Gasteiger partial charge in [0.25, 0.3) is 0 Å². The normalized spacial score (nSPS) is 20.1. The minimum Gasteiger partial charge on any atom is -0.496 e. The fourth-order valence-electron chi connectivity index (χ4n) is 2.07. The van der Waals surface area contributed by atoms with Crippen LogP contribution in [-0.4, -0.2) is 33.9 Å². The van der Waals surface area contributed by atoms with Crippen molar-refractivity contribution in [2.75, 3.05) is 33.9 Å². The monoisotopic (exact) mass is 237 g/mol. The second-order valence-corrected chi connectivity index (χ2v) is 4.11. The van der Waals surface area contributed by atoms with E-state index in [2.05, 4.69) is 5.32 Å². The number of methoxy groups -OCH3 is 2. The zero-order valence-electron chi connectivity index (χ0n) is 10.6. The number of benzene rings is 1. The zero-order valence-corrected chi connectivity index (χ0v) is 10.6. The first-order valence-electron chi connectivity index (χ1n) is 5.81. The molecule has 17 heavy (non-hydrogen) atoms. The first kappa shape index (κ1) is 12.2. The summed E-state index contributed by atoms with van der Waals surface area (Å²) in [6.07, 6.45) is 0.0761. The van der Waals surface area contributed by atoms with Crippen LogP contribution < -0.4 is 14.8 Å². The van der Waals surface area contributed by atoms with E-state index in [0.717, 1.165) is 42.3 Å². The van der Waals surface area contributed by atoms with E-state index in [9.17, 15) is 0 Å². The van der Waals surface area contributed by atoms with Gasteiger partial charge in [-0.3, -0.25) is 0 Å². The quantitative estimate of drug-likeness (QED) is 0.868. The molecule has 2 rings (SSSR count). The smallest absolute Gasteiger partial charge is 0.125 e. The first-order valence-corrected chi connectivity index (χ1v) is 5.81. The van der Waals surface area contributed by atoms with Crippen LogP contribution in [0.1, 0.15) is 17.2 Å². The Hall–Kier alpha value is -1.26. The lowest BCUT2D eigenvalue weighted by Crippen LogP contribution is -2.33. The number of ether oxygens (including phenoxy) is 3. The molecule has 4 heteroatoms. The second-order valence-electron chi connectivity index (χ2n) is 4.11. The van der Waals surface area contributed by atoms with Crippen molar-refractivity contribution in [1.82, 2.24) is 5.32 Å². The summed E-state index contributed by atoms with van der Waals surface area (Å²) in [5, 5.41) is 3.32. The van der Waals surface area contributed by atoms with Gasteiger partial charge in [0.15, 0.2) is 0 Å². The van der Waals surface area contributed by atoms with Crippen molar-refractivity contribution in [1.29, 1.82) is 0 Å². The summed E-state index contributed by atoms with van der Waals surface area (Å²) in [6.45, 7) is 4.47. The minimum absolute atomic E-state index is 0.0761. The van der Waals surface area contributed by atoms with Crippen LogP contribution in [0, 0.1) is 6.92 Å². The molecule has 0 amide bonds. The van der Waals surface area contributed by atoms with Gasteiger partial charge >= 0.3 is 0 Å². The Kier molecular flexibility index (Phi) is 3.86. The average Bonchev–Trinajstić information content (AvgIpc) is 2.40. The van der Waals surface area contributed by atoms with Gasteiger partial charge in [-0.05, 0) is 24.6 Å². The molecule has 1 aliphatic heterocycles. The van der Waals surface area contributed by atoms with E-state index in [0.29, 0.717) is 0 Å². The van der Waals surface area contributed by atoms with Gasteiger partial charge in [-0.15, -0.1) is 0 Å². The predicted molar refractivity (Wildman–Crippen MR) is 65.8 cm³/mol. The van der Waals surface area contributed by atoms with E-state index in [1.54, 1.807) is 14.2 Å². The maximum Gasteiger partial charge on any atom is 0.125 e. The second kappa shape index (κ2) is 5.38. The number of morpholine rings is 1. The number of hydrogen-bond donors (Lipinski definition) is 1. The molecule has 1 N–H and O–H groups in total. The van der Waals surface area contributed by atoms with Gasteiger partial charge in [-0.2, -0.15) is 0 Å². The van der Waals surface area contributed by atoms with Gasteiger partial charge in [0.1, 0.15) is 11.5 Å². The number of nitrogens with one attached hydrogen (secondary N) is 1. The third-order valence-corrected chi connectivity index (χ3v) is 3.07. The van der Waals surface area contributed by atoms with Crippen molar-refractivity contribution >= 4 is 0 Å². The number of hydrogen-bond acceptors (Lipinski definition) is 4. The van der Waals surface area contributed by atoms with Gasteiger partial charge in [-0.1, -0.05) is 0 Å². The standard InChI is InChI=1S/C13H19NO3/c1-9-11(15-2)6-10(7-12(9)16-3)13-8-14-4-5-17-13/h6-7,13-14H,4-5,8H2,1-3H3. The Labute approximate surface area is 102 Å². The SMILES string of the molecule is COc1cc(C2CNCCO2)cc(OC)c1C. The molecule has 1 heterocycles. The van der Waals surface area contributed by atoms with Crippen molar-refractivity contribution in [2.45, 2.75) is 13.0 Å². The van der Waals surface area contributed by atoms with E-state index >= 15 is 0 Å². The highest BCUT2D eigenvalue weighted by molar-refractivity contribution is 5.47. The Morgan fingerprint density at radius 2 is 1.88 bits per heavy atom. The van der Waals surface area contributed by atoms with Crippen LogP contribution in [0.3, 0.4) is 0 Å². The molecular formula is C13H19NO3. The molecule has 94 valence electrons. The Morgan fingerprint density at radius 1 is 1.24 bits per heavy atom. The molecule has 4 nitrogen and oxygen atoms in total. The van der Waals surface area contributed by atoms with Crippen molar-refractivity contribution in [3.63, 3.8) is 0 Å². The minimum atomic E-state index is 0.0761. The van der Waals surface area contributed by atoms with E-state index in [1.165, 1.54) is 0 Å². The summed E-state index contributed by atoms with van der Waals surface area (Å²) in [7, 11) is 3.34. The third kappa shape index (κ3) is 2.53. The lowest BCUT2D eigenvalue weighted by molar-refractivity contribution is 0.0274. The summed E-state index contributed by atoms with van der Waals surface area (Å²) in [5.41, 5.74) is 2.11. The lowest BCUT2D eigenvalue weighted by atomic mass is 10.0. The molecule has 0 spiro atoms.